The van der Waals surface area contributed by atoms with E-state index in [2.05, 4.69) is 172 Å². The molecule has 1 saturated carbocycles. The summed E-state index contributed by atoms with van der Waals surface area (Å²) in [5, 5.41) is 6.99. The van der Waals surface area contributed by atoms with Crippen LogP contribution in [-0.2, 0) is 0 Å². The van der Waals surface area contributed by atoms with Crippen molar-refractivity contribution in [1.82, 2.24) is 0 Å². The molecule has 5 radical (unpaired) electrons. The summed E-state index contributed by atoms with van der Waals surface area (Å²) in [6.07, 6.45) is 6.96. The van der Waals surface area contributed by atoms with Crippen LogP contribution in [0.4, 0.5) is 0 Å². The van der Waals surface area contributed by atoms with Gasteiger partial charge in [0.2, 0.25) is 0 Å². The van der Waals surface area contributed by atoms with Gasteiger partial charge in [-0.05, 0) is 79.0 Å². The van der Waals surface area contributed by atoms with Crippen molar-refractivity contribution in [3.8, 4) is 0 Å². The predicted octanol–water partition coefficient (Wildman–Crippen LogP) is 7.41. The number of hydrogen-bond donors (Lipinski definition) is 0. The van der Waals surface area contributed by atoms with E-state index in [4.69, 9.17) is 0 Å². The minimum Gasteiger partial charge on any atom is -0.0622 e. The van der Waals surface area contributed by atoms with Gasteiger partial charge in [-0.3, -0.25) is 0 Å². The van der Waals surface area contributed by atoms with E-state index in [0.717, 1.165) is 0 Å². The molecule has 1 aliphatic rings. The number of rotatable bonds is 8. The molecule has 1 atom stereocenters. The van der Waals surface area contributed by atoms with Crippen molar-refractivity contribution in [3.63, 3.8) is 0 Å². The molecule has 0 heterocycles. The van der Waals surface area contributed by atoms with Gasteiger partial charge in [-0.25, -0.2) is 0 Å². The molecule has 0 aliphatic heterocycles. The maximum atomic E-state index is 2.39. The lowest BCUT2D eigenvalue weighted by atomic mass is 9.86. The Morgan fingerprint density at radius 1 is 0.436 bits per heavy atom. The fraction of sp³-hybridized carbons (Fsp3) is 0.0541. The van der Waals surface area contributed by atoms with Crippen LogP contribution in [0, 0.1) is 30.8 Å². The first-order valence-corrected chi connectivity index (χ1v) is 16.1. The second-order valence-corrected chi connectivity index (χ2v) is 14.0. The Balaban J connectivity index is 1.41. The van der Waals surface area contributed by atoms with Crippen LogP contribution < -0.4 is 26.5 Å². The molecule has 2 heteroatoms. The summed E-state index contributed by atoms with van der Waals surface area (Å²) < 4.78 is 0. The zero-order chi connectivity index (χ0) is 26.4. The Morgan fingerprint density at radius 3 is 1.33 bits per heavy atom. The van der Waals surface area contributed by atoms with Crippen molar-refractivity contribution in [2.24, 2.45) is 0 Å². The number of benzene rings is 5. The van der Waals surface area contributed by atoms with E-state index in [1.54, 1.807) is 0 Å². The van der Waals surface area contributed by atoms with Crippen molar-refractivity contribution in [1.29, 1.82) is 0 Å². The molecule has 1 aliphatic carbocycles. The van der Waals surface area contributed by atoms with Crippen molar-refractivity contribution in [3.05, 3.63) is 182 Å². The highest BCUT2D eigenvalue weighted by Gasteiger charge is 2.41. The highest BCUT2D eigenvalue weighted by molar-refractivity contribution is 7.80. The standard InChI is InChI=1S/C37H31P2/c1-29(35-26-16-28-37(35)39(32-21-10-4-11-22-32)33-23-12-5-13-24-33)34-25-14-15-27-36(34)38(30-17-6-2-7-18-30)31-19-8-3-9-20-31/h2-29H,1H3/t29-/m1/s1. The quantitative estimate of drug-likeness (QED) is 0.181. The topological polar surface area (TPSA) is 0 Å². The van der Waals surface area contributed by atoms with Crippen molar-refractivity contribution in [2.45, 2.75) is 12.8 Å². The van der Waals surface area contributed by atoms with E-state index in [-0.39, 0.29) is 5.92 Å². The third-order valence-electron chi connectivity index (χ3n) is 7.23. The highest BCUT2D eigenvalue weighted by atomic mass is 31.1. The van der Waals surface area contributed by atoms with E-state index in [1.807, 2.05) is 0 Å². The Hall–Kier alpha value is -3.04. The summed E-state index contributed by atoms with van der Waals surface area (Å²) in [5.74, 6) is 1.69. The minimum absolute atomic E-state index is 0.265. The molecule has 0 N–H and O–H groups in total. The van der Waals surface area contributed by atoms with Gasteiger partial charge < -0.3 is 0 Å². The van der Waals surface area contributed by atoms with Gasteiger partial charge in [-0.1, -0.05) is 153 Å². The van der Waals surface area contributed by atoms with Crippen LogP contribution in [0.1, 0.15) is 18.4 Å². The second kappa shape index (κ2) is 12.4. The first-order valence-electron chi connectivity index (χ1n) is 13.5. The number of hydrogen-bond acceptors (Lipinski definition) is 0. The summed E-state index contributed by atoms with van der Waals surface area (Å²) in [4.78, 5) is 0. The average molecular weight is 538 g/mol. The molecule has 5 aromatic rings. The molecule has 189 valence electrons. The van der Waals surface area contributed by atoms with Gasteiger partial charge in [-0.2, -0.15) is 0 Å². The van der Waals surface area contributed by atoms with Crippen LogP contribution in [0.3, 0.4) is 0 Å². The maximum absolute atomic E-state index is 2.39. The van der Waals surface area contributed by atoms with Gasteiger partial charge in [0.15, 0.2) is 0 Å². The first-order chi connectivity index (χ1) is 19.3. The van der Waals surface area contributed by atoms with E-state index in [0.29, 0.717) is 0 Å². The lowest BCUT2D eigenvalue weighted by molar-refractivity contribution is 0.823. The lowest BCUT2D eigenvalue weighted by Gasteiger charge is -2.34. The average Bonchev–Trinajstić information content (AvgIpc) is 3.49. The van der Waals surface area contributed by atoms with Crippen LogP contribution in [0.15, 0.2) is 146 Å². The molecule has 0 aromatic heterocycles. The van der Waals surface area contributed by atoms with E-state index >= 15 is 0 Å². The monoisotopic (exact) mass is 537 g/mol. The van der Waals surface area contributed by atoms with Gasteiger partial charge in [-0.15, -0.1) is 0 Å². The first kappa shape index (κ1) is 26.2. The van der Waals surface area contributed by atoms with Crippen molar-refractivity contribution >= 4 is 42.4 Å². The smallest absolute Gasteiger partial charge is 0.0201 e. The van der Waals surface area contributed by atoms with Gasteiger partial charge >= 0.3 is 0 Å². The van der Waals surface area contributed by atoms with E-state index in [9.17, 15) is 0 Å². The summed E-state index contributed by atoms with van der Waals surface area (Å²) in [6.45, 7) is 2.39. The molecule has 0 saturated heterocycles. The SMILES string of the molecule is C[C@@H]([C]1[CH][CH][CH][C]1P(c1ccccc1)c1ccccc1)c1ccccc1P(c1ccccc1)c1ccccc1. The molecule has 5 aromatic carbocycles. The summed E-state index contributed by atoms with van der Waals surface area (Å²) in [7, 11) is -1.34. The summed E-state index contributed by atoms with van der Waals surface area (Å²) in [6, 6.07) is 53.2. The summed E-state index contributed by atoms with van der Waals surface area (Å²) in [5.41, 5.74) is 2.87. The molecule has 0 bridgehead atoms. The lowest BCUT2D eigenvalue weighted by Crippen LogP contribution is -2.27. The van der Waals surface area contributed by atoms with Crippen LogP contribution in [0.25, 0.3) is 0 Å². The third kappa shape index (κ3) is 5.65. The zero-order valence-corrected chi connectivity index (χ0v) is 23.8. The molecular weight excluding hydrogens is 506 g/mol. The van der Waals surface area contributed by atoms with E-state index in [1.165, 1.54) is 43.7 Å². The van der Waals surface area contributed by atoms with E-state index < -0.39 is 15.8 Å². The van der Waals surface area contributed by atoms with Gasteiger partial charge in [0.1, 0.15) is 0 Å². The molecule has 39 heavy (non-hydrogen) atoms. The van der Waals surface area contributed by atoms with Gasteiger partial charge in [0, 0.05) is 5.66 Å². The highest BCUT2D eigenvalue weighted by Crippen LogP contribution is 2.59. The van der Waals surface area contributed by atoms with Crippen molar-refractivity contribution < 1.29 is 0 Å². The molecule has 6 rings (SSSR count). The zero-order valence-electron chi connectivity index (χ0n) is 22.1. The minimum atomic E-state index is -0.682. The Labute approximate surface area is 236 Å². The molecule has 1 fully saturated rings. The van der Waals surface area contributed by atoms with Crippen LogP contribution in [0.2, 0.25) is 0 Å². The van der Waals surface area contributed by atoms with Gasteiger partial charge in [0.25, 0.3) is 0 Å². The summed E-state index contributed by atoms with van der Waals surface area (Å²) >= 11 is 0. The Kier molecular flexibility index (Phi) is 8.35. The maximum Gasteiger partial charge on any atom is 0.0201 e. The van der Waals surface area contributed by atoms with Crippen LogP contribution in [-0.4, -0.2) is 0 Å². The Morgan fingerprint density at radius 2 is 0.846 bits per heavy atom. The molecular formula is C37H31P2. The fourth-order valence-electron chi connectivity index (χ4n) is 5.38. The molecule has 0 unspecified atom stereocenters. The molecule has 0 nitrogen and oxygen atoms in total. The Bertz CT molecular complexity index is 1370. The van der Waals surface area contributed by atoms with Crippen molar-refractivity contribution in [2.75, 3.05) is 0 Å². The second-order valence-electron chi connectivity index (χ2n) is 9.66. The van der Waals surface area contributed by atoms with Crippen LogP contribution >= 0.6 is 15.8 Å². The largest absolute Gasteiger partial charge is 0.0622 e. The molecule has 0 amide bonds. The third-order valence-corrected chi connectivity index (χ3v) is 12.3. The fourth-order valence-corrected chi connectivity index (χ4v) is 10.5. The van der Waals surface area contributed by atoms with Crippen LogP contribution in [0.5, 0.6) is 0 Å². The van der Waals surface area contributed by atoms with Gasteiger partial charge in [0.05, 0.1) is 0 Å². The normalized spacial score (nSPS) is 15.2. The molecule has 0 spiro atoms. The predicted molar refractivity (Wildman–Crippen MR) is 172 cm³/mol.